The van der Waals surface area contributed by atoms with Crippen LogP contribution in [0.1, 0.15) is 21.7 Å². The van der Waals surface area contributed by atoms with Gasteiger partial charge in [0, 0.05) is 5.69 Å². The van der Waals surface area contributed by atoms with Crippen molar-refractivity contribution in [1.82, 2.24) is 4.98 Å². The van der Waals surface area contributed by atoms with Crippen LogP contribution in [0.3, 0.4) is 0 Å². The van der Waals surface area contributed by atoms with Crippen LogP contribution in [0.5, 0.6) is 0 Å². The fraction of sp³-hybridized carbons (Fsp3) is 0.125. The molecule has 1 amide bonds. The summed E-state index contributed by atoms with van der Waals surface area (Å²) in [5.41, 5.74) is 0.793. The van der Waals surface area contributed by atoms with E-state index in [-0.39, 0.29) is 16.3 Å². The number of hydrogen-bond donors (Lipinski definition) is 1. The first-order valence-electron chi connectivity index (χ1n) is 3.41. The monoisotopic (exact) mass is 195 g/mol. The van der Waals surface area contributed by atoms with Gasteiger partial charge in [-0.3, -0.25) is 4.79 Å². The molecule has 0 bridgehead atoms. The molecule has 1 N–H and O–H groups in total. The number of rotatable bonds is 1. The van der Waals surface area contributed by atoms with Crippen LogP contribution in [0.15, 0.2) is 4.99 Å². The van der Waals surface area contributed by atoms with E-state index in [1.807, 2.05) is 6.07 Å². The summed E-state index contributed by atoms with van der Waals surface area (Å²) in [5, 5.41) is 8.95. The Morgan fingerprint density at radius 2 is 2.38 bits per heavy atom. The second kappa shape index (κ2) is 3.42. The first-order chi connectivity index (χ1) is 6.11. The second-order valence-corrected chi connectivity index (χ2v) is 2.77. The van der Waals surface area contributed by atoms with Crippen molar-refractivity contribution in [3.05, 3.63) is 22.0 Å². The van der Waals surface area contributed by atoms with Crippen LogP contribution < -0.4 is 0 Å². The molecule has 0 aliphatic carbocycles. The first-order valence-corrected chi connectivity index (χ1v) is 3.78. The Hall–Kier alpha value is -1.60. The molecule has 13 heavy (non-hydrogen) atoms. The molecule has 0 aliphatic heterocycles. The average Bonchev–Trinajstić information content (AvgIpc) is 2.42. The van der Waals surface area contributed by atoms with Crippen molar-refractivity contribution >= 4 is 24.2 Å². The Morgan fingerprint density at radius 1 is 1.77 bits per heavy atom. The highest BCUT2D eigenvalue weighted by atomic mass is 35.5. The van der Waals surface area contributed by atoms with Crippen molar-refractivity contribution in [2.24, 2.45) is 4.99 Å². The number of halogens is 1. The SMILES string of the molecule is C=NC(=O)c1[nH]c(C)c(Cl)c1C#N. The number of carbonyl (C=O) groups excluding carboxylic acids is 1. The van der Waals surface area contributed by atoms with Gasteiger partial charge in [0.1, 0.15) is 17.3 Å². The Labute approximate surface area is 79.9 Å². The molecule has 0 atom stereocenters. The lowest BCUT2D eigenvalue weighted by Gasteiger charge is -1.88. The minimum absolute atomic E-state index is 0.0972. The molecule has 0 fully saturated rings. The Bertz CT molecular complexity index is 414. The lowest BCUT2D eigenvalue weighted by atomic mass is 10.2. The fourth-order valence-corrected chi connectivity index (χ4v) is 1.13. The van der Waals surface area contributed by atoms with Crippen LogP contribution in [-0.4, -0.2) is 17.6 Å². The number of aromatic nitrogens is 1. The van der Waals surface area contributed by atoms with Gasteiger partial charge in [0.25, 0.3) is 5.91 Å². The van der Waals surface area contributed by atoms with Gasteiger partial charge < -0.3 is 4.98 Å². The molecule has 0 saturated heterocycles. The molecular formula is C8H6ClN3O. The van der Waals surface area contributed by atoms with E-state index in [4.69, 9.17) is 16.9 Å². The zero-order chi connectivity index (χ0) is 10.0. The summed E-state index contributed by atoms with van der Waals surface area (Å²) in [6.07, 6.45) is 0. The summed E-state index contributed by atoms with van der Waals surface area (Å²) in [4.78, 5) is 17.0. The van der Waals surface area contributed by atoms with E-state index < -0.39 is 5.91 Å². The van der Waals surface area contributed by atoms with Crippen LogP contribution in [0, 0.1) is 18.3 Å². The summed E-state index contributed by atoms with van der Waals surface area (Å²) in [6, 6.07) is 1.83. The summed E-state index contributed by atoms with van der Waals surface area (Å²) >= 11 is 5.75. The van der Waals surface area contributed by atoms with Gasteiger partial charge in [0.05, 0.1) is 5.02 Å². The molecule has 0 unspecified atom stereocenters. The number of nitriles is 1. The lowest BCUT2D eigenvalue weighted by molar-refractivity contribution is 0.0999. The maximum atomic E-state index is 11.1. The molecule has 1 aromatic heterocycles. The Kier molecular flexibility index (Phi) is 2.49. The number of amides is 1. The van der Waals surface area contributed by atoms with Crippen molar-refractivity contribution in [3.8, 4) is 6.07 Å². The Balaban J connectivity index is 3.39. The predicted molar refractivity (Wildman–Crippen MR) is 49.1 cm³/mol. The zero-order valence-corrected chi connectivity index (χ0v) is 7.64. The number of carbonyl (C=O) groups is 1. The predicted octanol–water partition coefficient (Wildman–Crippen LogP) is 1.69. The molecule has 0 aromatic carbocycles. The number of nitrogens with zero attached hydrogens (tertiary/aromatic N) is 2. The highest BCUT2D eigenvalue weighted by Crippen LogP contribution is 2.23. The molecular weight excluding hydrogens is 190 g/mol. The van der Waals surface area contributed by atoms with E-state index >= 15 is 0 Å². The molecule has 0 spiro atoms. The lowest BCUT2D eigenvalue weighted by Crippen LogP contribution is -1.97. The summed E-state index contributed by atoms with van der Waals surface area (Å²) in [5.74, 6) is -0.577. The van der Waals surface area contributed by atoms with Crippen LogP contribution in [-0.2, 0) is 0 Å². The molecule has 1 heterocycles. The third kappa shape index (κ3) is 1.46. The molecule has 5 heteroatoms. The van der Waals surface area contributed by atoms with E-state index in [0.717, 1.165) is 0 Å². The van der Waals surface area contributed by atoms with E-state index in [1.54, 1.807) is 6.92 Å². The van der Waals surface area contributed by atoms with Gasteiger partial charge in [0.2, 0.25) is 0 Å². The average molecular weight is 196 g/mol. The van der Waals surface area contributed by atoms with Crippen LogP contribution in [0.4, 0.5) is 0 Å². The van der Waals surface area contributed by atoms with Gasteiger partial charge in [-0.15, -0.1) is 0 Å². The molecule has 1 rings (SSSR count). The smallest absolute Gasteiger partial charge is 0.294 e. The molecule has 0 radical (unpaired) electrons. The number of aryl methyl sites for hydroxylation is 1. The molecule has 66 valence electrons. The van der Waals surface area contributed by atoms with Gasteiger partial charge >= 0.3 is 0 Å². The van der Waals surface area contributed by atoms with Crippen molar-refractivity contribution in [2.75, 3.05) is 0 Å². The largest absolute Gasteiger partial charge is 0.352 e. The summed E-state index contributed by atoms with van der Waals surface area (Å²) in [7, 11) is 0. The van der Waals surface area contributed by atoms with E-state index in [2.05, 4.69) is 16.7 Å². The van der Waals surface area contributed by atoms with Crippen molar-refractivity contribution < 1.29 is 4.79 Å². The quantitative estimate of drug-likeness (QED) is 0.693. The third-order valence-corrected chi connectivity index (χ3v) is 2.05. The molecule has 1 aromatic rings. The summed E-state index contributed by atoms with van der Waals surface area (Å²) in [6.45, 7) is 4.75. The standard InChI is InChI=1S/C8H6ClN3O/c1-4-6(9)5(3-10)7(12-4)8(13)11-2/h12H,2H2,1H3. The minimum atomic E-state index is -0.577. The molecule has 0 saturated carbocycles. The number of H-pyrrole nitrogens is 1. The molecule has 0 aliphatic rings. The van der Waals surface area contributed by atoms with Crippen LogP contribution in [0.2, 0.25) is 5.02 Å². The van der Waals surface area contributed by atoms with Gasteiger partial charge in [-0.25, -0.2) is 4.99 Å². The maximum absolute atomic E-state index is 11.1. The number of aromatic amines is 1. The first kappa shape index (κ1) is 9.49. The number of nitrogens with one attached hydrogen (secondary N) is 1. The van der Waals surface area contributed by atoms with Gasteiger partial charge in [-0.1, -0.05) is 11.6 Å². The maximum Gasteiger partial charge on any atom is 0.294 e. The van der Waals surface area contributed by atoms with Gasteiger partial charge in [-0.2, -0.15) is 5.26 Å². The Morgan fingerprint density at radius 3 is 2.85 bits per heavy atom. The third-order valence-electron chi connectivity index (χ3n) is 1.58. The fourth-order valence-electron chi connectivity index (χ4n) is 0.947. The van der Waals surface area contributed by atoms with Crippen molar-refractivity contribution in [2.45, 2.75) is 6.92 Å². The molecule has 4 nitrogen and oxygen atoms in total. The van der Waals surface area contributed by atoms with Crippen molar-refractivity contribution in [1.29, 1.82) is 5.26 Å². The number of aliphatic imine (C=N–C) groups is 1. The van der Waals surface area contributed by atoms with E-state index in [0.29, 0.717) is 5.69 Å². The zero-order valence-electron chi connectivity index (χ0n) is 6.89. The highest BCUT2D eigenvalue weighted by molar-refractivity contribution is 6.33. The second-order valence-electron chi connectivity index (χ2n) is 2.39. The van der Waals surface area contributed by atoms with E-state index in [9.17, 15) is 4.79 Å². The van der Waals surface area contributed by atoms with Crippen LogP contribution >= 0.6 is 11.6 Å². The minimum Gasteiger partial charge on any atom is -0.352 e. The van der Waals surface area contributed by atoms with Crippen LogP contribution in [0.25, 0.3) is 0 Å². The van der Waals surface area contributed by atoms with Gasteiger partial charge in [0.15, 0.2) is 0 Å². The topological polar surface area (TPSA) is 69.0 Å². The highest BCUT2D eigenvalue weighted by Gasteiger charge is 2.17. The van der Waals surface area contributed by atoms with E-state index in [1.165, 1.54) is 0 Å². The number of hydrogen-bond acceptors (Lipinski definition) is 2. The van der Waals surface area contributed by atoms with Gasteiger partial charge in [-0.05, 0) is 13.6 Å². The summed E-state index contributed by atoms with van der Waals surface area (Å²) < 4.78 is 0. The normalized spacial score (nSPS) is 9.31. The van der Waals surface area contributed by atoms with Crippen molar-refractivity contribution in [3.63, 3.8) is 0 Å².